The number of likely N-dealkylation sites (N-methyl/N-ethyl adjacent to an activating group) is 1. The molecule has 1 aromatic carbocycles. The van der Waals surface area contributed by atoms with E-state index in [0.29, 0.717) is 13.0 Å². The zero-order valence-electron chi connectivity index (χ0n) is 13.6. The van der Waals surface area contributed by atoms with Gasteiger partial charge >= 0.3 is 0 Å². The number of rotatable bonds is 6. The first-order valence-electron chi connectivity index (χ1n) is 8.36. The Balaban J connectivity index is 1.98. The molecule has 1 aliphatic rings. The number of amides is 1. The summed E-state index contributed by atoms with van der Waals surface area (Å²) in [5.74, 6) is 0.211. The number of hydrogen-bond acceptors (Lipinski definition) is 3. The van der Waals surface area contributed by atoms with Gasteiger partial charge in [-0.15, -0.1) is 0 Å². The molecule has 1 fully saturated rings. The van der Waals surface area contributed by atoms with Crippen molar-refractivity contribution in [2.75, 3.05) is 33.3 Å². The summed E-state index contributed by atoms with van der Waals surface area (Å²) in [5.41, 5.74) is 1.16. The number of nitrogens with zero attached hydrogens (tertiary/aromatic N) is 2. The first-order chi connectivity index (χ1) is 10.7. The Morgan fingerprint density at radius 3 is 2.41 bits per heavy atom. The van der Waals surface area contributed by atoms with Crippen LogP contribution in [0.4, 0.5) is 0 Å². The van der Waals surface area contributed by atoms with Crippen molar-refractivity contribution < 1.29 is 9.90 Å². The van der Waals surface area contributed by atoms with E-state index >= 15 is 0 Å². The van der Waals surface area contributed by atoms with Gasteiger partial charge in [-0.05, 0) is 31.9 Å². The molecular weight excluding hydrogens is 276 g/mol. The van der Waals surface area contributed by atoms with Gasteiger partial charge < -0.3 is 10.0 Å². The highest BCUT2D eigenvalue weighted by molar-refractivity contribution is 5.78. The fourth-order valence-corrected chi connectivity index (χ4v) is 3.18. The standard InChI is InChI=1S/C18H28N2O2/c1-19(15-18(22)20-12-7-2-3-8-13-20)17(11-14-21)16-9-5-4-6-10-16/h4-6,9-10,17,21H,2-3,7-8,11-15H2,1H3. The van der Waals surface area contributed by atoms with E-state index in [1.165, 1.54) is 12.8 Å². The van der Waals surface area contributed by atoms with Crippen molar-refractivity contribution in [1.82, 2.24) is 9.80 Å². The number of hydrogen-bond donors (Lipinski definition) is 1. The van der Waals surface area contributed by atoms with Crippen molar-refractivity contribution in [2.24, 2.45) is 0 Å². The van der Waals surface area contributed by atoms with Gasteiger partial charge in [0.15, 0.2) is 0 Å². The third kappa shape index (κ3) is 4.82. The molecule has 1 N–H and O–H groups in total. The van der Waals surface area contributed by atoms with Crippen LogP contribution in [-0.2, 0) is 4.79 Å². The van der Waals surface area contributed by atoms with E-state index in [-0.39, 0.29) is 18.6 Å². The molecule has 0 bridgehead atoms. The molecule has 122 valence electrons. The molecular formula is C18H28N2O2. The van der Waals surface area contributed by atoms with E-state index in [1.807, 2.05) is 30.1 Å². The second kappa shape index (κ2) is 8.91. The van der Waals surface area contributed by atoms with E-state index in [0.717, 1.165) is 31.5 Å². The summed E-state index contributed by atoms with van der Waals surface area (Å²) in [4.78, 5) is 16.6. The lowest BCUT2D eigenvalue weighted by atomic mass is 10.0. The highest BCUT2D eigenvalue weighted by Crippen LogP contribution is 2.22. The molecule has 0 aliphatic carbocycles. The highest BCUT2D eigenvalue weighted by Gasteiger charge is 2.22. The van der Waals surface area contributed by atoms with Crippen LogP contribution in [0.1, 0.15) is 43.7 Å². The number of aliphatic hydroxyl groups is 1. The molecule has 1 aliphatic heterocycles. The SMILES string of the molecule is CN(CC(=O)N1CCCCCC1)C(CCO)c1ccccc1. The highest BCUT2D eigenvalue weighted by atomic mass is 16.3. The molecule has 0 aromatic heterocycles. The van der Waals surface area contributed by atoms with Gasteiger partial charge in [-0.2, -0.15) is 0 Å². The topological polar surface area (TPSA) is 43.8 Å². The number of carbonyl (C=O) groups is 1. The van der Waals surface area contributed by atoms with Gasteiger partial charge in [-0.25, -0.2) is 0 Å². The zero-order valence-corrected chi connectivity index (χ0v) is 13.6. The van der Waals surface area contributed by atoms with Crippen LogP contribution in [0.5, 0.6) is 0 Å². The number of benzene rings is 1. The third-order valence-electron chi connectivity index (χ3n) is 4.46. The minimum Gasteiger partial charge on any atom is -0.396 e. The number of likely N-dealkylation sites (tertiary alicyclic amines) is 1. The Hall–Kier alpha value is -1.39. The Morgan fingerprint density at radius 1 is 1.18 bits per heavy atom. The van der Waals surface area contributed by atoms with Gasteiger partial charge in [0, 0.05) is 25.7 Å². The molecule has 4 nitrogen and oxygen atoms in total. The molecule has 1 atom stereocenters. The molecule has 0 saturated carbocycles. The lowest BCUT2D eigenvalue weighted by molar-refractivity contribution is -0.132. The van der Waals surface area contributed by atoms with Crippen molar-refractivity contribution in [3.05, 3.63) is 35.9 Å². The van der Waals surface area contributed by atoms with Gasteiger partial charge in [0.2, 0.25) is 5.91 Å². The number of aliphatic hydroxyl groups excluding tert-OH is 1. The quantitative estimate of drug-likeness (QED) is 0.878. The van der Waals surface area contributed by atoms with Crippen molar-refractivity contribution in [3.63, 3.8) is 0 Å². The average Bonchev–Trinajstić information content (AvgIpc) is 2.82. The van der Waals surface area contributed by atoms with E-state index in [4.69, 9.17) is 0 Å². The van der Waals surface area contributed by atoms with Gasteiger partial charge in [0.05, 0.1) is 6.54 Å². The fraction of sp³-hybridized carbons (Fsp3) is 0.611. The summed E-state index contributed by atoms with van der Waals surface area (Å²) < 4.78 is 0. The summed E-state index contributed by atoms with van der Waals surface area (Å²) in [5, 5.41) is 9.34. The maximum absolute atomic E-state index is 12.5. The van der Waals surface area contributed by atoms with Crippen LogP contribution in [0.2, 0.25) is 0 Å². The van der Waals surface area contributed by atoms with Gasteiger partial charge in [0.1, 0.15) is 0 Å². The van der Waals surface area contributed by atoms with E-state index in [1.54, 1.807) is 0 Å². The van der Waals surface area contributed by atoms with Crippen LogP contribution in [0.3, 0.4) is 0 Å². The van der Waals surface area contributed by atoms with E-state index in [2.05, 4.69) is 17.0 Å². The van der Waals surface area contributed by atoms with Gasteiger partial charge in [0.25, 0.3) is 0 Å². The molecule has 1 aromatic rings. The molecule has 4 heteroatoms. The van der Waals surface area contributed by atoms with Crippen LogP contribution >= 0.6 is 0 Å². The summed E-state index contributed by atoms with van der Waals surface area (Å²) in [6, 6.07) is 10.2. The minimum absolute atomic E-state index is 0.0853. The molecule has 1 amide bonds. The molecule has 1 unspecified atom stereocenters. The largest absolute Gasteiger partial charge is 0.396 e. The smallest absolute Gasteiger partial charge is 0.236 e. The summed E-state index contributed by atoms with van der Waals surface area (Å²) in [6.07, 6.45) is 5.35. The second-order valence-corrected chi connectivity index (χ2v) is 6.15. The summed E-state index contributed by atoms with van der Waals surface area (Å²) in [6.45, 7) is 2.33. The lowest BCUT2D eigenvalue weighted by Gasteiger charge is -2.30. The van der Waals surface area contributed by atoms with Crippen LogP contribution in [0.15, 0.2) is 30.3 Å². The molecule has 22 heavy (non-hydrogen) atoms. The third-order valence-corrected chi connectivity index (χ3v) is 4.46. The molecule has 1 saturated heterocycles. The van der Waals surface area contributed by atoms with Crippen LogP contribution in [0, 0.1) is 0 Å². The maximum atomic E-state index is 12.5. The van der Waals surface area contributed by atoms with Crippen molar-refractivity contribution in [2.45, 2.75) is 38.1 Å². The zero-order chi connectivity index (χ0) is 15.8. The average molecular weight is 304 g/mol. The monoisotopic (exact) mass is 304 g/mol. The van der Waals surface area contributed by atoms with Crippen molar-refractivity contribution in [3.8, 4) is 0 Å². The molecule has 0 radical (unpaired) electrons. The van der Waals surface area contributed by atoms with Gasteiger partial charge in [-0.1, -0.05) is 43.2 Å². The predicted octanol–water partition coefficient (Wildman–Crippen LogP) is 2.44. The van der Waals surface area contributed by atoms with Crippen LogP contribution in [-0.4, -0.2) is 54.1 Å². The fourth-order valence-electron chi connectivity index (χ4n) is 3.18. The first-order valence-corrected chi connectivity index (χ1v) is 8.36. The van der Waals surface area contributed by atoms with Crippen molar-refractivity contribution in [1.29, 1.82) is 0 Å². The predicted molar refractivity (Wildman–Crippen MR) is 88.6 cm³/mol. The Labute approximate surface area is 133 Å². The van der Waals surface area contributed by atoms with Crippen LogP contribution in [0.25, 0.3) is 0 Å². The molecule has 2 rings (SSSR count). The molecule has 0 spiro atoms. The van der Waals surface area contributed by atoms with Gasteiger partial charge in [-0.3, -0.25) is 9.69 Å². The van der Waals surface area contributed by atoms with E-state index in [9.17, 15) is 9.90 Å². The number of carbonyl (C=O) groups excluding carboxylic acids is 1. The van der Waals surface area contributed by atoms with Crippen LogP contribution < -0.4 is 0 Å². The lowest BCUT2D eigenvalue weighted by Crippen LogP contribution is -2.40. The molecule has 1 heterocycles. The van der Waals surface area contributed by atoms with E-state index < -0.39 is 0 Å². The maximum Gasteiger partial charge on any atom is 0.236 e. The first kappa shape index (κ1) is 17.0. The Bertz CT molecular complexity index is 442. The summed E-state index contributed by atoms with van der Waals surface area (Å²) >= 11 is 0. The minimum atomic E-state index is 0.0853. The van der Waals surface area contributed by atoms with Crippen molar-refractivity contribution >= 4 is 5.91 Å². The second-order valence-electron chi connectivity index (χ2n) is 6.15. The normalized spacial score (nSPS) is 17.3. The Morgan fingerprint density at radius 2 is 1.82 bits per heavy atom. The summed E-state index contributed by atoms with van der Waals surface area (Å²) in [7, 11) is 1.98. The Kier molecular flexibility index (Phi) is 6.87.